The summed E-state index contributed by atoms with van der Waals surface area (Å²) >= 11 is 0. The van der Waals surface area contributed by atoms with Crippen LogP contribution in [0.4, 0.5) is 15.3 Å². The van der Waals surface area contributed by atoms with Gasteiger partial charge in [0.2, 0.25) is 5.96 Å². The highest BCUT2D eigenvalue weighted by atomic mass is 28.3. The average molecular weight is 1030 g/mol. The van der Waals surface area contributed by atoms with Crippen LogP contribution in [0.15, 0.2) is 59.6 Å². The first-order chi connectivity index (χ1) is 33.5. The van der Waals surface area contributed by atoms with E-state index in [-0.39, 0.29) is 71.5 Å². The van der Waals surface area contributed by atoms with Crippen LogP contribution in [0, 0.1) is 0 Å². The maximum atomic E-state index is 15.3. The molecule has 0 fully saturated rings. The Morgan fingerprint density at radius 3 is 2.07 bits per heavy atom. The molecule has 19 nitrogen and oxygen atoms in total. The van der Waals surface area contributed by atoms with Crippen LogP contribution in [-0.4, -0.2) is 108 Å². The SMILES string of the molecule is CC(C)(C)OC(=O)C[C@@H](C(=O)OC(C)(C)C)N(Cc1cc(O)cc(C(=O)OCC[Si](C)(C)C)c1)C(=O)c1cccc2c1OCCCc1cc(NC(=NC(=O)OC(C)(C)C)NC(=O)OC(C)(C)C)ccc1C(=O)O2. The molecule has 73 heavy (non-hydrogen) atoms. The fraction of sp³-hybridized carbons (Fsp3) is 0.509. The number of aryl methyl sites for hydroxylation is 1. The number of para-hydroxylation sites is 1. The van der Waals surface area contributed by atoms with E-state index < -0.39 is 91.5 Å². The Bertz CT molecular complexity index is 2580. The summed E-state index contributed by atoms with van der Waals surface area (Å²) < 4.78 is 39.9. The molecule has 0 unspecified atom stereocenters. The monoisotopic (exact) mass is 1030 g/mol. The van der Waals surface area contributed by atoms with E-state index in [0.29, 0.717) is 17.3 Å². The molecule has 1 aliphatic heterocycles. The molecule has 1 atom stereocenters. The van der Waals surface area contributed by atoms with Crippen molar-refractivity contribution in [3.05, 3.63) is 82.4 Å². The van der Waals surface area contributed by atoms with Gasteiger partial charge < -0.3 is 48.5 Å². The maximum absolute atomic E-state index is 15.3. The molecule has 0 bridgehead atoms. The molecule has 0 saturated carbocycles. The second-order valence-corrected chi connectivity index (χ2v) is 28.3. The summed E-state index contributed by atoms with van der Waals surface area (Å²) in [6.07, 6.45) is -2.04. The molecule has 3 aromatic rings. The van der Waals surface area contributed by atoms with Gasteiger partial charge in [-0.1, -0.05) is 25.7 Å². The normalized spacial score (nSPS) is 13.8. The maximum Gasteiger partial charge on any atom is 0.437 e. The number of guanidine groups is 1. The predicted molar refractivity (Wildman–Crippen MR) is 275 cm³/mol. The van der Waals surface area contributed by atoms with Crippen molar-refractivity contribution in [1.82, 2.24) is 10.2 Å². The molecule has 3 aromatic carbocycles. The average Bonchev–Trinajstić information content (AvgIpc) is 3.20. The summed E-state index contributed by atoms with van der Waals surface area (Å²) in [5.41, 5.74) is -2.85. The zero-order valence-electron chi connectivity index (χ0n) is 44.8. The van der Waals surface area contributed by atoms with Crippen molar-refractivity contribution >= 4 is 61.7 Å². The summed E-state index contributed by atoms with van der Waals surface area (Å²) in [4.78, 5) is 101. The largest absolute Gasteiger partial charge is 0.508 e. The molecule has 3 N–H and O–H groups in total. The number of amides is 3. The van der Waals surface area contributed by atoms with E-state index >= 15 is 4.79 Å². The summed E-state index contributed by atoms with van der Waals surface area (Å²) in [5, 5.41) is 16.2. The van der Waals surface area contributed by atoms with E-state index in [9.17, 15) is 33.9 Å². The number of hydrogen-bond donors (Lipinski definition) is 3. The van der Waals surface area contributed by atoms with Crippen LogP contribution in [0.3, 0.4) is 0 Å². The first-order valence-electron chi connectivity index (χ1n) is 24.0. The molecular formula is C53H72N4O15Si. The van der Waals surface area contributed by atoms with Crippen LogP contribution < -0.4 is 20.1 Å². The van der Waals surface area contributed by atoms with Crippen LogP contribution in [0.1, 0.15) is 138 Å². The van der Waals surface area contributed by atoms with Crippen molar-refractivity contribution in [2.45, 2.75) is 163 Å². The quantitative estimate of drug-likeness (QED) is 0.0382. The molecule has 3 amide bonds. The van der Waals surface area contributed by atoms with Gasteiger partial charge in [0.1, 0.15) is 34.2 Å². The third-order valence-electron chi connectivity index (χ3n) is 9.80. The van der Waals surface area contributed by atoms with Crippen molar-refractivity contribution in [2.24, 2.45) is 4.99 Å². The van der Waals surface area contributed by atoms with Gasteiger partial charge in [0.05, 0.1) is 36.3 Å². The Hall–Kier alpha value is -6.96. The van der Waals surface area contributed by atoms with Crippen molar-refractivity contribution in [3.63, 3.8) is 0 Å². The molecule has 1 aliphatic rings. The lowest BCUT2D eigenvalue weighted by Gasteiger charge is -2.33. The van der Waals surface area contributed by atoms with E-state index in [1.54, 1.807) is 89.2 Å². The Morgan fingerprint density at radius 1 is 0.808 bits per heavy atom. The zero-order valence-corrected chi connectivity index (χ0v) is 45.8. The Labute approximate surface area is 428 Å². The minimum Gasteiger partial charge on any atom is -0.508 e. The number of carbonyl (C=O) groups is 7. The van der Waals surface area contributed by atoms with Gasteiger partial charge in [-0.25, -0.2) is 24.0 Å². The number of esters is 4. The molecule has 0 aliphatic carbocycles. The van der Waals surface area contributed by atoms with Crippen LogP contribution in [0.25, 0.3) is 0 Å². The molecule has 0 radical (unpaired) electrons. The third-order valence-corrected chi connectivity index (χ3v) is 11.5. The molecule has 0 spiro atoms. The minimum absolute atomic E-state index is 0.0126. The van der Waals surface area contributed by atoms with E-state index in [1.165, 1.54) is 48.5 Å². The first-order valence-corrected chi connectivity index (χ1v) is 27.7. The highest BCUT2D eigenvalue weighted by Crippen LogP contribution is 2.36. The molecule has 0 aromatic heterocycles. The van der Waals surface area contributed by atoms with Gasteiger partial charge in [0, 0.05) is 20.3 Å². The van der Waals surface area contributed by atoms with Crippen LogP contribution in [-0.2, 0) is 46.2 Å². The molecular weight excluding hydrogens is 961 g/mol. The van der Waals surface area contributed by atoms with Crippen molar-refractivity contribution in [3.8, 4) is 17.2 Å². The standard InChI is InChI=1S/C53H72N4O15Si/c1-50(2,3)69-41(59)30-39(46(63)70-51(4,5)6)57(31-32-26-34(29-36(58)27-32)44(61)67-24-25-73(13,14)15)43(60)38-19-16-20-40-42(38)66-23-17-18-33-28-35(21-22-37(33)45(62)68-40)54-47(55-48(64)71-52(7,8)9)56-49(65)72-53(10,11)12/h16,19-22,26-29,39,58H,17-18,23-25,30-31H2,1-15H3,(H2,54,55,56,64,65)/t39-/m0/s1. The van der Waals surface area contributed by atoms with E-state index in [4.69, 9.17) is 33.2 Å². The van der Waals surface area contributed by atoms with Gasteiger partial charge in [-0.3, -0.25) is 14.9 Å². The minimum atomic E-state index is -1.64. The smallest absolute Gasteiger partial charge is 0.437 e. The number of ether oxygens (including phenoxy) is 7. The third kappa shape index (κ3) is 19.9. The Balaban J connectivity index is 1.79. The summed E-state index contributed by atoms with van der Waals surface area (Å²) in [6.45, 7) is 25.9. The number of aliphatic imine (C=N–C) groups is 1. The first kappa shape index (κ1) is 58.6. The summed E-state index contributed by atoms with van der Waals surface area (Å²) in [5.74, 6) is -5.12. The van der Waals surface area contributed by atoms with E-state index in [2.05, 4.69) is 35.3 Å². The highest BCUT2D eigenvalue weighted by molar-refractivity contribution is 6.76. The second-order valence-electron chi connectivity index (χ2n) is 22.6. The van der Waals surface area contributed by atoms with Crippen molar-refractivity contribution in [2.75, 3.05) is 18.5 Å². The summed E-state index contributed by atoms with van der Waals surface area (Å²) in [7, 11) is -1.57. The molecule has 4 rings (SSSR count). The fourth-order valence-corrected chi connectivity index (χ4v) is 7.62. The number of hydrogen-bond acceptors (Lipinski definition) is 15. The number of rotatable bonds is 12. The number of aromatic hydroxyl groups is 1. The van der Waals surface area contributed by atoms with Gasteiger partial charge in [-0.05, 0) is 162 Å². The van der Waals surface area contributed by atoms with Gasteiger partial charge in [-0.15, -0.1) is 4.99 Å². The topological polar surface area (TPSA) is 244 Å². The number of nitrogens with zero attached hydrogens (tertiary/aromatic N) is 2. The van der Waals surface area contributed by atoms with Gasteiger partial charge in [0.15, 0.2) is 11.5 Å². The summed E-state index contributed by atoms with van der Waals surface area (Å²) in [6, 6.07) is 11.9. The zero-order chi connectivity index (χ0) is 54.9. The number of anilines is 1. The van der Waals surface area contributed by atoms with Crippen LogP contribution in [0.2, 0.25) is 25.7 Å². The predicted octanol–water partition coefficient (Wildman–Crippen LogP) is 9.74. The van der Waals surface area contributed by atoms with Crippen LogP contribution in [0.5, 0.6) is 17.2 Å². The number of nitrogens with one attached hydrogen (secondary N) is 2. The van der Waals surface area contributed by atoms with Crippen LogP contribution >= 0.6 is 0 Å². The van der Waals surface area contributed by atoms with E-state index in [0.717, 1.165) is 4.90 Å². The molecule has 398 valence electrons. The van der Waals surface area contributed by atoms with Gasteiger partial charge in [-0.2, -0.15) is 0 Å². The van der Waals surface area contributed by atoms with Gasteiger partial charge >= 0.3 is 36.1 Å². The Kier molecular flexibility index (Phi) is 19.0. The Morgan fingerprint density at radius 2 is 1.45 bits per heavy atom. The fourth-order valence-electron chi connectivity index (χ4n) is 6.91. The second kappa shape index (κ2) is 23.7. The lowest BCUT2D eigenvalue weighted by molar-refractivity contribution is -0.167. The number of phenols is 1. The number of fused-ring (bicyclic) bond motifs is 2. The number of alkyl carbamates (subject to hydrolysis) is 1. The van der Waals surface area contributed by atoms with Crippen molar-refractivity contribution in [1.29, 1.82) is 0 Å². The van der Waals surface area contributed by atoms with Gasteiger partial charge in [0.25, 0.3) is 5.91 Å². The molecule has 20 heteroatoms. The molecule has 0 saturated heterocycles. The number of benzene rings is 3. The highest BCUT2D eigenvalue weighted by Gasteiger charge is 2.39. The molecule has 1 heterocycles. The van der Waals surface area contributed by atoms with E-state index in [1.807, 2.05) is 0 Å². The number of carbonyl (C=O) groups excluding carboxylic acids is 7. The lowest BCUT2D eigenvalue weighted by atomic mass is 10.0. The number of phenolic OH excluding ortho intramolecular Hbond substituents is 1. The lowest BCUT2D eigenvalue weighted by Crippen LogP contribution is -2.48. The van der Waals surface area contributed by atoms with Crippen molar-refractivity contribution < 1.29 is 71.8 Å².